The molecule has 0 amide bonds. The van der Waals surface area contributed by atoms with Crippen LogP contribution in [-0.4, -0.2) is 222 Å². The first-order valence-corrected chi connectivity index (χ1v) is 26.4. The van der Waals surface area contributed by atoms with Gasteiger partial charge in [-0.1, -0.05) is 66.2 Å². The topological polar surface area (TPSA) is 337 Å². The largest absolute Gasteiger partial charge is 0.395 e. The van der Waals surface area contributed by atoms with Gasteiger partial charge in [-0.15, -0.1) is 0 Å². The van der Waals surface area contributed by atoms with Gasteiger partial charge in [0.25, 0.3) is 0 Å². The van der Waals surface area contributed by atoms with E-state index in [1.807, 2.05) is 0 Å². The van der Waals surface area contributed by atoms with E-state index in [-0.39, 0.29) is 40.1 Å². The Balaban J connectivity index is 0.982. The van der Waals surface area contributed by atoms with E-state index in [0.29, 0.717) is 12.8 Å². The molecule has 4 saturated heterocycles. The van der Waals surface area contributed by atoms with E-state index in [0.717, 1.165) is 38.5 Å². The fourth-order valence-corrected chi connectivity index (χ4v) is 15.4. The Bertz CT molecular complexity index is 2020. The molecule has 0 radical (unpaired) electrons. The van der Waals surface area contributed by atoms with Gasteiger partial charge in [-0.05, 0) is 90.4 Å². The molecule has 21 nitrogen and oxygen atoms in total. The van der Waals surface area contributed by atoms with Crippen LogP contribution in [0.4, 0.5) is 0 Å². The molecule has 5 aliphatic carbocycles. The molecule has 0 aromatic carbocycles. The molecule has 9 rings (SSSR count). The quantitative estimate of drug-likeness (QED) is 0.106. The van der Waals surface area contributed by atoms with E-state index in [2.05, 4.69) is 60.6 Å². The van der Waals surface area contributed by atoms with E-state index in [9.17, 15) is 66.4 Å². The normalized spacial score (nSPS) is 53.7. The molecular weight excluding hydrogens is 961 g/mol. The number of ether oxygens (including phenoxy) is 8. The van der Waals surface area contributed by atoms with E-state index in [1.165, 1.54) is 11.1 Å². The van der Waals surface area contributed by atoms with Crippen LogP contribution < -0.4 is 0 Å². The van der Waals surface area contributed by atoms with Crippen molar-refractivity contribution in [3.63, 3.8) is 0 Å². The molecule has 13 N–H and O–H groups in total. The maximum absolute atomic E-state index is 12.3. The van der Waals surface area contributed by atoms with Crippen molar-refractivity contribution in [1.82, 2.24) is 0 Å². The van der Waals surface area contributed by atoms with Gasteiger partial charge in [0, 0.05) is 10.8 Å². The molecule has 7 fully saturated rings. The third kappa shape index (κ3) is 9.16. The summed E-state index contributed by atoms with van der Waals surface area (Å²) in [7, 11) is 0. The second-order valence-corrected chi connectivity index (χ2v) is 25.2. The fourth-order valence-electron chi connectivity index (χ4n) is 15.4. The Hall–Kier alpha value is -1.36. The number of rotatable bonds is 11. The number of aliphatic hydroxyl groups excluding tert-OH is 13. The highest BCUT2D eigenvalue weighted by Crippen LogP contribution is 2.74. The van der Waals surface area contributed by atoms with Gasteiger partial charge < -0.3 is 104 Å². The van der Waals surface area contributed by atoms with E-state index in [4.69, 9.17) is 37.9 Å². The van der Waals surface area contributed by atoms with Crippen LogP contribution in [-0.2, 0) is 37.9 Å². The minimum absolute atomic E-state index is 0.0370. The smallest absolute Gasteiger partial charge is 0.187 e. The van der Waals surface area contributed by atoms with Gasteiger partial charge in [0.2, 0.25) is 0 Å². The first-order valence-electron chi connectivity index (χ1n) is 26.4. The molecule has 418 valence electrons. The summed E-state index contributed by atoms with van der Waals surface area (Å²) in [6.45, 7) is 13.4. The molecule has 9 aliphatic rings. The van der Waals surface area contributed by atoms with Crippen LogP contribution >= 0.6 is 0 Å². The number of aliphatic hydroxyl groups is 13. The molecule has 26 atom stereocenters. The molecule has 4 aliphatic heterocycles. The lowest BCUT2D eigenvalue weighted by atomic mass is 9.35. The number of fused-ring (bicyclic) bond motifs is 6. The summed E-state index contributed by atoms with van der Waals surface area (Å²) in [6.07, 6.45) is -20.3. The minimum Gasteiger partial charge on any atom is -0.395 e. The maximum Gasteiger partial charge on any atom is 0.187 e. The molecule has 73 heavy (non-hydrogen) atoms. The van der Waals surface area contributed by atoms with Crippen LogP contribution in [0.2, 0.25) is 0 Å². The van der Waals surface area contributed by atoms with Crippen LogP contribution in [0, 0.1) is 44.3 Å². The predicted octanol–water partition coefficient (Wildman–Crippen LogP) is -1.39. The zero-order valence-corrected chi connectivity index (χ0v) is 43.1. The van der Waals surface area contributed by atoms with Crippen molar-refractivity contribution in [3.8, 4) is 0 Å². The van der Waals surface area contributed by atoms with Gasteiger partial charge in [0.1, 0.15) is 85.5 Å². The molecule has 0 aromatic rings. The Morgan fingerprint density at radius 1 is 0.589 bits per heavy atom. The molecule has 0 spiro atoms. The Kier molecular flexibility index (Phi) is 15.7. The lowest BCUT2D eigenvalue weighted by molar-refractivity contribution is -0.392. The van der Waals surface area contributed by atoms with E-state index >= 15 is 0 Å². The van der Waals surface area contributed by atoms with Crippen molar-refractivity contribution in [2.24, 2.45) is 44.3 Å². The highest BCUT2D eigenvalue weighted by Gasteiger charge is 2.69. The summed E-state index contributed by atoms with van der Waals surface area (Å²) >= 11 is 0. The average molecular weight is 1050 g/mol. The number of allylic oxidation sites excluding steroid dienone is 3. The average Bonchev–Trinajstić information content (AvgIpc) is 3.33. The molecule has 21 heteroatoms. The van der Waals surface area contributed by atoms with Gasteiger partial charge in [-0.25, -0.2) is 0 Å². The summed E-state index contributed by atoms with van der Waals surface area (Å²) in [6, 6.07) is 0. The third-order valence-electron chi connectivity index (χ3n) is 20.2. The Morgan fingerprint density at radius 2 is 1.21 bits per heavy atom. The van der Waals surface area contributed by atoms with Crippen molar-refractivity contribution in [3.05, 3.63) is 23.3 Å². The van der Waals surface area contributed by atoms with Gasteiger partial charge in [0.15, 0.2) is 25.2 Å². The number of hydrogen-bond donors (Lipinski definition) is 13. The van der Waals surface area contributed by atoms with Crippen molar-refractivity contribution >= 4 is 0 Å². The van der Waals surface area contributed by atoms with Crippen LogP contribution in [0.15, 0.2) is 23.3 Å². The summed E-state index contributed by atoms with van der Waals surface area (Å²) in [4.78, 5) is 0. The Morgan fingerprint density at radius 3 is 1.88 bits per heavy atom. The molecule has 3 saturated carbocycles. The Labute approximate surface area is 426 Å². The van der Waals surface area contributed by atoms with Crippen molar-refractivity contribution in [2.45, 2.75) is 223 Å². The highest BCUT2D eigenvalue weighted by atomic mass is 16.8. The minimum atomic E-state index is -1.89. The lowest BCUT2D eigenvalue weighted by Crippen LogP contribution is -2.67. The van der Waals surface area contributed by atoms with Crippen LogP contribution in [0.25, 0.3) is 0 Å². The first-order chi connectivity index (χ1) is 34.2. The maximum atomic E-state index is 12.3. The summed E-state index contributed by atoms with van der Waals surface area (Å²) in [5.74, 6) is 0.223. The molecule has 0 unspecified atom stereocenters. The second kappa shape index (κ2) is 20.4. The molecular formula is C52H84O21. The summed E-state index contributed by atoms with van der Waals surface area (Å²) in [5.41, 5.74) is 0.511. The van der Waals surface area contributed by atoms with Crippen LogP contribution in [0.3, 0.4) is 0 Å². The second-order valence-electron chi connectivity index (χ2n) is 25.2. The zero-order valence-electron chi connectivity index (χ0n) is 43.1. The van der Waals surface area contributed by atoms with Crippen molar-refractivity contribution in [1.29, 1.82) is 0 Å². The zero-order chi connectivity index (χ0) is 53.1. The standard InChI is InChI=1S/C52H84O21/c1-47(2)14-15-52(22-55)24(16-47)23-8-9-30-49(5)12-11-32(48(3,4)29(49)10-13-50(30,6)51(23,7)17-31(52)57)71-45-41(73-44-40(65)37(62)34(59)26(18-53)68-44)36(61)28(21-67-45)70-46-42(38(63)35(60)27(19-54)69-46)72-43-39(64)33(58)25(56)20-66-43/h8-9,25-46,53-65H,10-22H2,1-7H3/t25-,26-,27-,28+,29+,30-,31-,32+,33+,34-,35-,36+,37+,38+,39-,40-,41-,42-,43+,44+,45+,46+,49+,50-,51-,52-/m1/s1. The van der Waals surface area contributed by atoms with Crippen LogP contribution in [0.5, 0.6) is 0 Å². The third-order valence-corrected chi connectivity index (χ3v) is 20.2. The van der Waals surface area contributed by atoms with E-state index in [1.54, 1.807) is 0 Å². The lowest BCUT2D eigenvalue weighted by Gasteiger charge is -2.70. The van der Waals surface area contributed by atoms with Crippen LogP contribution in [0.1, 0.15) is 99.8 Å². The van der Waals surface area contributed by atoms with Gasteiger partial charge in [-0.3, -0.25) is 0 Å². The SMILES string of the molecule is CC1(C)CC[C@@]2(CO)C(=C3C=C[C@@H]4[C@@]5(C)CC[C@H](O[C@@H]6OC[C@H](O[C@@H]7O[C@H](CO)[C@@H](O)[C@H](O)[C@H]7O[C@@H]7OC[C@@H](O)[C@H](O)[C@H]7O)[C@H](O)[C@H]6O[C@@H]6O[C@H](CO)[C@@H](O)[C@H](O)[C@H]6O)C(C)(C)[C@@H]5CC[C@@]4(C)[C@]3(C)C[C@H]2O)C1. The summed E-state index contributed by atoms with van der Waals surface area (Å²) in [5, 5.41) is 141. The number of hydrogen-bond acceptors (Lipinski definition) is 21. The predicted molar refractivity (Wildman–Crippen MR) is 252 cm³/mol. The van der Waals surface area contributed by atoms with Gasteiger partial charge in [0.05, 0.1) is 45.2 Å². The van der Waals surface area contributed by atoms with E-state index < -0.39 is 160 Å². The first kappa shape index (κ1) is 56.4. The highest BCUT2D eigenvalue weighted by molar-refractivity contribution is 5.47. The molecule has 0 aromatic heterocycles. The van der Waals surface area contributed by atoms with Gasteiger partial charge in [-0.2, -0.15) is 0 Å². The monoisotopic (exact) mass is 1040 g/mol. The molecule has 4 heterocycles. The fraction of sp³-hybridized carbons (Fsp3) is 0.923. The van der Waals surface area contributed by atoms with Gasteiger partial charge >= 0.3 is 0 Å². The van der Waals surface area contributed by atoms with Crippen molar-refractivity contribution in [2.75, 3.05) is 33.0 Å². The van der Waals surface area contributed by atoms with Crippen molar-refractivity contribution < 1.29 is 104 Å². The summed E-state index contributed by atoms with van der Waals surface area (Å²) < 4.78 is 48.6. The molecule has 0 bridgehead atoms.